The molecule has 0 bridgehead atoms. The number of halogens is 3. The van der Waals surface area contributed by atoms with Gasteiger partial charge in [0, 0.05) is 32.4 Å². The number of rotatable bonds is 9. The molecule has 0 unspecified atom stereocenters. The second kappa shape index (κ2) is 10.0. The molecular formula is C22H22Cl2FN5O3. The highest BCUT2D eigenvalue weighted by molar-refractivity contribution is 6.66. The van der Waals surface area contributed by atoms with Crippen LogP contribution in [0.3, 0.4) is 0 Å². The average Bonchev–Trinajstić information content (AvgIpc) is 3.40. The molecule has 11 heteroatoms. The van der Waals surface area contributed by atoms with E-state index in [0.717, 1.165) is 12.8 Å². The van der Waals surface area contributed by atoms with Crippen molar-refractivity contribution in [1.82, 2.24) is 19.3 Å². The van der Waals surface area contributed by atoms with Crippen molar-refractivity contribution in [3.05, 3.63) is 72.7 Å². The number of hydrogen-bond donors (Lipinski definition) is 0. The van der Waals surface area contributed by atoms with Crippen molar-refractivity contribution in [3.8, 4) is 0 Å². The standard InChI is InChI=1S/C22H22Cl2FN5O3/c1-2-3-9-29-20-14(12-16(24)26-20)21(31)30(22(29)32)10-5-8-18-27-17(28-33-18)11-13-6-4-7-15(23)19(13)25/h4,6-7H,2-3,5,8-12H2,1H3. The Morgan fingerprint density at radius 2 is 1.94 bits per heavy atom. The Morgan fingerprint density at radius 3 is 2.73 bits per heavy atom. The van der Waals surface area contributed by atoms with Crippen molar-refractivity contribution in [2.24, 2.45) is 4.99 Å². The van der Waals surface area contributed by atoms with Crippen LogP contribution in [0.2, 0.25) is 5.02 Å². The van der Waals surface area contributed by atoms with Crippen LogP contribution in [0.5, 0.6) is 0 Å². The van der Waals surface area contributed by atoms with Crippen molar-refractivity contribution in [3.63, 3.8) is 0 Å². The van der Waals surface area contributed by atoms with Gasteiger partial charge in [0.15, 0.2) is 5.82 Å². The zero-order valence-electron chi connectivity index (χ0n) is 18.0. The van der Waals surface area contributed by atoms with E-state index < -0.39 is 11.5 Å². The van der Waals surface area contributed by atoms with Gasteiger partial charge < -0.3 is 4.52 Å². The summed E-state index contributed by atoms with van der Waals surface area (Å²) in [5.41, 5.74) is 0.0437. The van der Waals surface area contributed by atoms with Crippen LogP contribution < -0.4 is 11.2 Å². The Hall–Kier alpha value is -2.78. The Morgan fingerprint density at radius 1 is 1.15 bits per heavy atom. The highest BCUT2D eigenvalue weighted by Gasteiger charge is 2.24. The second-order valence-electron chi connectivity index (χ2n) is 7.81. The van der Waals surface area contributed by atoms with Crippen LogP contribution in [0.1, 0.15) is 49.0 Å². The van der Waals surface area contributed by atoms with Crippen molar-refractivity contribution in [2.45, 2.75) is 58.5 Å². The van der Waals surface area contributed by atoms with Crippen LogP contribution in [0.15, 0.2) is 37.3 Å². The lowest BCUT2D eigenvalue weighted by Gasteiger charge is -2.13. The van der Waals surface area contributed by atoms with Gasteiger partial charge in [-0.15, -0.1) is 0 Å². The maximum Gasteiger partial charge on any atom is 0.332 e. The monoisotopic (exact) mass is 493 g/mol. The van der Waals surface area contributed by atoms with E-state index in [1.54, 1.807) is 12.1 Å². The number of aromatic nitrogens is 4. The quantitative estimate of drug-likeness (QED) is 0.448. The van der Waals surface area contributed by atoms with Crippen molar-refractivity contribution in [2.75, 3.05) is 0 Å². The number of nitrogens with zero attached hydrogens (tertiary/aromatic N) is 5. The number of unbranched alkanes of at least 4 members (excludes halogenated alkanes) is 1. The molecule has 0 fully saturated rings. The third-order valence-corrected chi connectivity index (χ3v) is 5.95. The fourth-order valence-electron chi connectivity index (χ4n) is 3.75. The summed E-state index contributed by atoms with van der Waals surface area (Å²) in [6.07, 6.45) is 2.86. The third-order valence-electron chi connectivity index (χ3n) is 5.44. The minimum atomic E-state index is -0.509. The van der Waals surface area contributed by atoms with Crippen LogP contribution in [-0.4, -0.2) is 24.4 Å². The molecule has 0 spiro atoms. The number of benzene rings is 1. The molecule has 0 amide bonds. The first kappa shape index (κ1) is 23.4. The molecule has 1 aromatic carbocycles. The van der Waals surface area contributed by atoms with E-state index in [-0.39, 0.29) is 30.0 Å². The van der Waals surface area contributed by atoms with Gasteiger partial charge in [0.25, 0.3) is 5.56 Å². The largest absolute Gasteiger partial charge is 0.339 e. The van der Waals surface area contributed by atoms with E-state index in [1.807, 2.05) is 6.92 Å². The Balaban J connectivity index is 1.46. The molecule has 1 aliphatic heterocycles. The van der Waals surface area contributed by atoms with Crippen LogP contribution in [0, 0.1) is 5.82 Å². The summed E-state index contributed by atoms with van der Waals surface area (Å²) in [6.45, 7) is 2.69. The van der Waals surface area contributed by atoms with Gasteiger partial charge in [-0.1, -0.05) is 53.8 Å². The van der Waals surface area contributed by atoms with Gasteiger partial charge >= 0.3 is 5.69 Å². The summed E-state index contributed by atoms with van der Waals surface area (Å²) >= 11 is 11.9. The van der Waals surface area contributed by atoms with Gasteiger partial charge in [-0.25, -0.2) is 14.2 Å². The van der Waals surface area contributed by atoms with Crippen LogP contribution in [0.4, 0.5) is 10.2 Å². The van der Waals surface area contributed by atoms with Gasteiger partial charge in [-0.2, -0.15) is 4.98 Å². The predicted molar refractivity (Wildman–Crippen MR) is 123 cm³/mol. The molecule has 0 aliphatic carbocycles. The molecule has 0 saturated carbocycles. The molecule has 2 aromatic heterocycles. The Bertz CT molecular complexity index is 1330. The van der Waals surface area contributed by atoms with Crippen LogP contribution in [0.25, 0.3) is 0 Å². The third kappa shape index (κ3) is 4.94. The minimum absolute atomic E-state index is 0.0345. The SMILES string of the molecule is CCCCn1c2c(c(=O)n(CCCc3nc(Cc4cccc(Cl)c4F)no3)c1=O)CC(Cl)=N2. The molecule has 0 radical (unpaired) electrons. The lowest BCUT2D eigenvalue weighted by molar-refractivity contribution is 0.366. The summed E-state index contributed by atoms with van der Waals surface area (Å²) in [7, 11) is 0. The maximum absolute atomic E-state index is 14.1. The van der Waals surface area contributed by atoms with E-state index in [0.29, 0.717) is 53.2 Å². The van der Waals surface area contributed by atoms with Crippen LogP contribution >= 0.6 is 23.2 Å². The predicted octanol–water partition coefficient (Wildman–Crippen LogP) is 4.03. The number of aryl methyl sites for hydroxylation is 1. The fourth-order valence-corrected chi connectivity index (χ4v) is 4.16. The first-order valence-corrected chi connectivity index (χ1v) is 11.5. The first-order valence-electron chi connectivity index (χ1n) is 10.7. The first-order chi connectivity index (χ1) is 15.9. The molecule has 0 atom stereocenters. The molecule has 4 rings (SSSR count). The summed E-state index contributed by atoms with van der Waals surface area (Å²) in [4.78, 5) is 34.4. The van der Waals surface area contributed by atoms with E-state index in [2.05, 4.69) is 15.1 Å². The molecule has 0 N–H and O–H groups in total. The van der Waals surface area contributed by atoms with Crippen molar-refractivity contribution >= 4 is 34.2 Å². The molecule has 3 aromatic rings. The van der Waals surface area contributed by atoms with Crippen molar-refractivity contribution < 1.29 is 8.91 Å². The number of hydrogen-bond acceptors (Lipinski definition) is 6. The highest BCUT2D eigenvalue weighted by atomic mass is 35.5. The Labute approximate surface area is 198 Å². The van der Waals surface area contributed by atoms with Crippen LogP contribution in [-0.2, 0) is 32.4 Å². The van der Waals surface area contributed by atoms with Gasteiger partial charge in [-0.3, -0.25) is 13.9 Å². The zero-order chi connectivity index (χ0) is 23.5. The lowest BCUT2D eigenvalue weighted by atomic mass is 10.1. The van der Waals surface area contributed by atoms with Gasteiger partial charge in [0.1, 0.15) is 16.8 Å². The summed E-state index contributed by atoms with van der Waals surface area (Å²) < 4.78 is 22.1. The van der Waals surface area contributed by atoms with Gasteiger partial charge in [0.05, 0.1) is 10.6 Å². The van der Waals surface area contributed by atoms with E-state index in [9.17, 15) is 14.0 Å². The van der Waals surface area contributed by atoms with Gasteiger partial charge in [-0.05, 0) is 24.5 Å². The molecular weight excluding hydrogens is 472 g/mol. The molecule has 0 saturated heterocycles. The summed E-state index contributed by atoms with van der Waals surface area (Å²) in [5, 5.41) is 4.23. The van der Waals surface area contributed by atoms with E-state index >= 15 is 0 Å². The average molecular weight is 494 g/mol. The summed E-state index contributed by atoms with van der Waals surface area (Å²) in [5.74, 6) is 0.535. The lowest BCUT2D eigenvalue weighted by Crippen LogP contribution is -2.41. The van der Waals surface area contributed by atoms with E-state index in [1.165, 1.54) is 15.2 Å². The summed E-state index contributed by atoms with van der Waals surface area (Å²) in [6, 6.07) is 4.73. The second-order valence-corrected chi connectivity index (χ2v) is 8.65. The smallest absolute Gasteiger partial charge is 0.332 e. The molecule has 3 heterocycles. The van der Waals surface area contributed by atoms with Gasteiger partial charge in [0.2, 0.25) is 5.89 Å². The number of aliphatic imine (C=N–C) groups is 1. The maximum atomic E-state index is 14.1. The number of fused-ring (bicyclic) bond motifs is 1. The molecule has 8 nitrogen and oxygen atoms in total. The highest BCUT2D eigenvalue weighted by Crippen LogP contribution is 2.24. The van der Waals surface area contributed by atoms with Crippen molar-refractivity contribution in [1.29, 1.82) is 0 Å². The molecule has 33 heavy (non-hydrogen) atoms. The zero-order valence-corrected chi connectivity index (χ0v) is 19.5. The topological polar surface area (TPSA) is 95.3 Å². The van der Waals surface area contributed by atoms with E-state index in [4.69, 9.17) is 27.7 Å². The molecule has 174 valence electrons. The minimum Gasteiger partial charge on any atom is -0.339 e. The normalized spacial score (nSPS) is 12.8. The Kier molecular flexibility index (Phi) is 7.09. The molecule has 1 aliphatic rings. The fraction of sp³-hybridized carbons (Fsp3) is 0.409.